The standard InChI is InChI=1S/C18H13Cl2NO2S/c19-12-7-9-13(10-8-12)24(22,23)21-18-15-6-2-4-11-3-1-5-14(16(11)15)17(18)20/h1-10,17-18,21H/t17-,18-/m0/s1. The highest BCUT2D eigenvalue weighted by molar-refractivity contribution is 7.89. The molecule has 0 radical (unpaired) electrons. The number of hydrogen-bond donors (Lipinski definition) is 1. The lowest BCUT2D eigenvalue weighted by Crippen LogP contribution is -2.29. The van der Waals surface area contributed by atoms with Crippen LogP contribution >= 0.6 is 23.2 Å². The number of alkyl halides is 1. The molecule has 122 valence electrons. The van der Waals surface area contributed by atoms with E-state index in [2.05, 4.69) is 4.72 Å². The van der Waals surface area contributed by atoms with E-state index in [1.807, 2.05) is 36.4 Å². The normalized spacial score (nSPS) is 19.8. The Bertz CT molecular complexity index is 1030. The van der Waals surface area contributed by atoms with E-state index >= 15 is 0 Å². The molecule has 24 heavy (non-hydrogen) atoms. The van der Waals surface area contributed by atoms with Crippen LogP contribution in [0.3, 0.4) is 0 Å². The Labute approximate surface area is 150 Å². The highest BCUT2D eigenvalue weighted by Gasteiger charge is 2.35. The van der Waals surface area contributed by atoms with E-state index in [-0.39, 0.29) is 4.90 Å². The van der Waals surface area contributed by atoms with Crippen molar-refractivity contribution in [2.75, 3.05) is 0 Å². The minimum Gasteiger partial charge on any atom is -0.207 e. The van der Waals surface area contributed by atoms with Crippen LogP contribution in [0.4, 0.5) is 0 Å². The summed E-state index contributed by atoms with van der Waals surface area (Å²) < 4.78 is 28.1. The van der Waals surface area contributed by atoms with E-state index in [9.17, 15) is 8.42 Å². The van der Waals surface area contributed by atoms with Gasteiger partial charge in [0, 0.05) is 5.02 Å². The molecule has 0 fully saturated rings. The van der Waals surface area contributed by atoms with E-state index in [0.29, 0.717) is 5.02 Å². The van der Waals surface area contributed by atoms with Gasteiger partial charge in [-0.25, -0.2) is 13.1 Å². The van der Waals surface area contributed by atoms with Crippen LogP contribution in [0.25, 0.3) is 10.8 Å². The first-order valence-corrected chi connectivity index (χ1v) is 9.71. The molecule has 0 aromatic heterocycles. The van der Waals surface area contributed by atoms with Crippen molar-refractivity contribution in [2.24, 2.45) is 0 Å². The highest BCUT2D eigenvalue weighted by atomic mass is 35.5. The molecule has 2 atom stereocenters. The van der Waals surface area contributed by atoms with E-state index < -0.39 is 21.4 Å². The van der Waals surface area contributed by atoms with E-state index in [1.54, 1.807) is 12.1 Å². The second-order valence-electron chi connectivity index (χ2n) is 5.75. The van der Waals surface area contributed by atoms with Gasteiger partial charge in [-0.15, -0.1) is 11.6 Å². The largest absolute Gasteiger partial charge is 0.241 e. The van der Waals surface area contributed by atoms with Crippen LogP contribution in [0, 0.1) is 0 Å². The lowest BCUT2D eigenvalue weighted by molar-refractivity contribution is 0.556. The van der Waals surface area contributed by atoms with Crippen molar-refractivity contribution in [1.82, 2.24) is 4.72 Å². The minimum absolute atomic E-state index is 0.166. The summed E-state index contributed by atoms with van der Waals surface area (Å²) in [6.07, 6.45) is 0. The SMILES string of the molecule is O=S(=O)(N[C@H]1c2cccc3cccc(c23)[C@@H]1Cl)c1ccc(Cl)cc1. The Hall–Kier alpha value is -1.59. The number of benzene rings is 3. The zero-order valence-corrected chi connectivity index (χ0v) is 14.7. The summed E-state index contributed by atoms with van der Waals surface area (Å²) in [5, 5.41) is 2.13. The third-order valence-electron chi connectivity index (χ3n) is 4.30. The summed E-state index contributed by atoms with van der Waals surface area (Å²) in [5.74, 6) is 0. The molecule has 1 N–H and O–H groups in total. The highest BCUT2D eigenvalue weighted by Crippen LogP contribution is 2.47. The molecule has 0 saturated carbocycles. The lowest BCUT2D eigenvalue weighted by atomic mass is 10.1. The summed E-state index contributed by atoms with van der Waals surface area (Å²) in [5.41, 5.74) is 1.86. The molecule has 0 unspecified atom stereocenters. The molecule has 0 saturated heterocycles. The maximum Gasteiger partial charge on any atom is 0.241 e. The molecule has 0 aliphatic heterocycles. The van der Waals surface area contributed by atoms with Crippen LogP contribution in [-0.2, 0) is 10.0 Å². The van der Waals surface area contributed by atoms with Crippen LogP contribution in [0.1, 0.15) is 22.5 Å². The molecule has 1 aliphatic carbocycles. The first kappa shape index (κ1) is 15.9. The molecule has 1 aliphatic rings. The Morgan fingerprint density at radius 2 is 1.50 bits per heavy atom. The predicted octanol–water partition coefficient (Wildman–Crippen LogP) is 4.81. The van der Waals surface area contributed by atoms with Gasteiger partial charge in [0.25, 0.3) is 0 Å². The predicted molar refractivity (Wildman–Crippen MR) is 97.1 cm³/mol. The van der Waals surface area contributed by atoms with Crippen molar-refractivity contribution >= 4 is 44.0 Å². The molecule has 6 heteroatoms. The molecule has 0 heterocycles. The van der Waals surface area contributed by atoms with Crippen molar-refractivity contribution < 1.29 is 8.42 Å². The summed E-state index contributed by atoms with van der Waals surface area (Å²) in [6, 6.07) is 17.3. The zero-order chi connectivity index (χ0) is 16.9. The fourth-order valence-corrected chi connectivity index (χ4v) is 5.01. The minimum atomic E-state index is -3.70. The van der Waals surface area contributed by atoms with Crippen molar-refractivity contribution in [3.05, 3.63) is 76.8 Å². The topological polar surface area (TPSA) is 46.2 Å². The molecule has 0 spiro atoms. The van der Waals surface area contributed by atoms with Crippen molar-refractivity contribution in [1.29, 1.82) is 0 Å². The van der Waals surface area contributed by atoms with E-state index in [1.165, 1.54) is 12.1 Å². The number of rotatable bonds is 3. The Kier molecular flexibility index (Phi) is 3.81. The van der Waals surface area contributed by atoms with Gasteiger partial charge in [0.15, 0.2) is 0 Å². The second kappa shape index (κ2) is 5.74. The number of hydrogen-bond acceptors (Lipinski definition) is 2. The average Bonchev–Trinajstić information content (AvgIpc) is 2.83. The summed E-state index contributed by atoms with van der Waals surface area (Å²) in [6.45, 7) is 0. The molecule has 3 aromatic carbocycles. The van der Waals surface area contributed by atoms with E-state index in [0.717, 1.165) is 21.9 Å². The van der Waals surface area contributed by atoms with Gasteiger partial charge in [0.1, 0.15) is 0 Å². The van der Waals surface area contributed by atoms with Crippen molar-refractivity contribution in [3.8, 4) is 0 Å². The van der Waals surface area contributed by atoms with E-state index in [4.69, 9.17) is 23.2 Å². The van der Waals surface area contributed by atoms with Crippen molar-refractivity contribution in [3.63, 3.8) is 0 Å². The van der Waals surface area contributed by atoms with Gasteiger partial charge in [-0.3, -0.25) is 0 Å². The van der Waals surface area contributed by atoms with Crippen LogP contribution in [0.5, 0.6) is 0 Å². The third-order valence-corrected chi connectivity index (χ3v) is 6.50. The van der Waals surface area contributed by atoms with Gasteiger partial charge in [0.2, 0.25) is 10.0 Å². The fourth-order valence-electron chi connectivity index (χ4n) is 3.20. The van der Waals surface area contributed by atoms with Crippen LogP contribution in [0.2, 0.25) is 5.02 Å². The van der Waals surface area contributed by atoms with Crippen molar-refractivity contribution in [2.45, 2.75) is 16.3 Å². The maximum absolute atomic E-state index is 12.7. The number of sulfonamides is 1. The third kappa shape index (κ3) is 2.50. The van der Waals surface area contributed by atoms with Gasteiger partial charge in [0.05, 0.1) is 16.3 Å². The van der Waals surface area contributed by atoms with Crippen LogP contribution in [0.15, 0.2) is 65.6 Å². The first-order valence-electron chi connectivity index (χ1n) is 7.41. The molecular weight excluding hydrogens is 365 g/mol. The average molecular weight is 378 g/mol. The van der Waals surface area contributed by atoms with Crippen LogP contribution < -0.4 is 4.72 Å². The first-order chi connectivity index (χ1) is 11.5. The Morgan fingerprint density at radius 3 is 2.17 bits per heavy atom. The lowest BCUT2D eigenvalue weighted by Gasteiger charge is -2.18. The fraction of sp³-hybridized carbons (Fsp3) is 0.111. The van der Waals surface area contributed by atoms with Gasteiger partial charge in [-0.05, 0) is 46.2 Å². The van der Waals surface area contributed by atoms with Crippen LogP contribution in [-0.4, -0.2) is 8.42 Å². The molecule has 3 aromatic rings. The number of nitrogens with one attached hydrogen (secondary N) is 1. The monoisotopic (exact) mass is 377 g/mol. The summed E-state index contributed by atoms with van der Waals surface area (Å²) in [4.78, 5) is 0.166. The Morgan fingerprint density at radius 1 is 0.875 bits per heavy atom. The van der Waals surface area contributed by atoms with Gasteiger partial charge in [-0.2, -0.15) is 0 Å². The summed E-state index contributed by atoms with van der Waals surface area (Å²) in [7, 11) is -3.70. The smallest absolute Gasteiger partial charge is 0.207 e. The molecular formula is C18H13Cl2NO2S. The molecule has 3 nitrogen and oxygen atoms in total. The van der Waals surface area contributed by atoms with Gasteiger partial charge in [-0.1, -0.05) is 48.0 Å². The summed E-state index contributed by atoms with van der Waals surface area (Å²) >= 11 is 12.4. The van der Waals surface area contributed by atoms with Gasteiger partial charge >= 0.3 is 0 Å². The quantitative estimate of drug-likeness (QED) is 0.665. The second-order valence-corrected chi connectivity index (χ2v) is 8.37. The van der Waals surface area contributed by atoms with Gasteiger partial charge < -0.3 is 0 Å². The number of halogens is 2. The maximum atomic E-state index is 12.7. The Balaban J connectivity index is 1.76. The molecule has 0 bridgehead atoms. The molecule has 4 rings (SSSR count). The zero-order valence-electron chi connectivity index (χ0n) is 12.4. The molecule has 0 amide bonds.